The van der Waals surface area contributed by atoms with Crippen molar-refractivity contribution in [1.29, 1.82) is 0 Å². The van der Waals surface area contributed by atoms with Crippen LogP contribution in [0.25, 0.3) is 0 Å². The summed E-state index contributed by atoms with van der Waals surface area (Å²) in [5, 5.41) is 2.83. The molecule has 2 aromatic rings. The minimum Gasteiger partial charge on any atom is -0.346 e. The molecule has 5 nitrogen and oxygen atoms in total. The summed E-state index contributed by atoms with van der Waals surface area (Å²) in [5.41, 5.74) is 1.99. The number of nitrogens with zero attached hydrogens (tertiary/aromatic N) is 2. The van der Waals surface area contributed by atoms with Gasteiger partial charge >= 0.3 is 0 Å². The van der Waals surface area contributed by atoms with Gasteiger partial charge in [-0.2, -0.15) is 0 Å². The second-order valence-corrected chi connectivity index (χ2v) is 5.93. The highest BCUT2D eigenvalue weighted by Crippen LogP contribution is 2.14. The van der Waals surface area contributed by atoms with E-state index in [0.717, 1.165) is 31.6 Å². The quantitative estimate of drug-likeness (QED) is 0.941. The molecule has 3 rings (SSSR count). The summed E-state index contributed by atoms with van der Waals surface area (Å²) in [6.07, 6.45) is 5.03. The lowest BCUT2D eigenvalue weighted by Gasteiger charge is -2.26. The Morgan fingerprint density at radius 1 is 0.958 bits per heavy atom. The number of aromatic nitrogens is 1. The van der Waals surface area contributed by atoms with Crippen LogP contribution in [0.3, 0.4) is 0 Å². The molecular formula is C19H21N3O2. The summed E-state index contributed by atoms with van der Waals surface area (Å²) in [5.74, 6) is -0.118. The van der Waals surface area contributed by atoms with Gasteiger partial charge in [0.15, 0.2) is 0 Å². The number of likely N-dealkylation sites (tertiary alicyclic amines) is 1. The number of piperidine rings is 1. The number of hydrogen-bond acceptors (Lipinski definition) is 3. The molecule has 1 aromatic carbocycles. The van der Waals surface area contributed by atoms with Crippen molar-refractivity contribution >= 4 is 11.8 Å². The van der Waals surface area contributed by atoms with Crippen LogP contribution in [0.4, 0.5) is 0 Å². The summed E-state index contributed by atoms with van der Waals surface area (Å²) in [6.45, 7) is 2.03. The molecule has 0 aliphatic carbocycles. The van der Waals surface area contributed by atoms with Crippen LogP contribution >= 0.6 is 0 Å². The van der Waals surface area contributed by atoms with Crippen molar-refractivity contribution in [2.24, 2.45) is 0 Å². The highest BCUT2D eigenvalue weighted by molar-refractivity contribution is 5.97. The Morgan fingerprint density at radius 2 is 1.67 bits per heavy atom. The van der Waals surface area contributed by atoms with Crippen molar-refractivity contribution in [3.63, 3.8) is 0 Å². The first-order valence-electron chi connectivity index (χ1n) is 8.31. The molecule has 1 saturated heterocycles. The predicted molar refractivity (Wildman–Crippen MR) is 91.6 cm³/mol. The first-order valence-corrected chi connectivity index (χ1v) is 8.31. The number of carbonyl (C=O) groups excluding carboxylic acids is 2. The summed E-state index contributed by atoms with van der Waals surface area (Å²) in [4.78, 5) is 30.6. The van der Waals surface area contributed by atoms with Gasteiger partial charge in [-0.05, 0) is 55.7 Å². The van der Waals surface area contributed by atoms with Crippen LogP contribution in [0, 0.1) is 0 Å². The van der Waals surface area contributed by atoms with E-state index in [1.54, 1.807) is 30.5 Å². The maximum absolute atomic E-state index is 12.4. The summed E-state index contributed by atoms with van der Waals surface area (Å²) in [6, 6.07) is 12.4. The van der Waals surface area contributed by atoms with Crippen molar-refractivity contribution in [2.45, 2.75) is 25.8 Å². The zero-order chi connectivity index (χ0) is 16.8. The maximum Gasteiger partial charge on any atom is 0.253 e. The van der Waals surface area contributed by atoms with Gasteiger partial charge in [0, 0.05) is 30.4 Å². The summed E-state index contributed by atoms with van der Waals surface area (Å²) >= 11 is 0. The molecule has 0 bridgehead atoms. The van der Waals surface area contributed by atoms with E-state index in [1.165, 1.54) is 6.42 Å². The van der Waals surface area contributed by atoms with Crippen molar-refractivity contribution in [3.05, 3.63) is 65.5 Å². The molecule has 1 aliphatic rings. The van der Waals surface area contributed by atoms with Gasteiger partial charge in [-0.25, -0.2) is 0 Å². The molecule has 2 heterocycles. The van der Waals surface area contributed by atoms with Gasteiger partial charge in [-0.1, -0.05) is 6.07 Å². The number of amides is 2. The molecule has 0 spiro atoms. The lowest BCUT2D eigenvalue weighted by molar-refractivity contribution is 0.0724. The van der Waals surface area contributed by atoms with Crippen LogP contribution in [-0.4, -0.2) is 34.8 Å². The molecule has 5 heteroatoms. The van der Waals surface area contributed by atoms with Gasteiger partial charge in [0.2, 0.25) is 0 Å². The molecule has 0 atom stereocenters. The third kappa shape index (κ3) is 3.98. The Hall–Kier alpha value is -2.69. The zero-order valence-corrected chi connectivity index (χ0v) is 13.6. The second kappa shape index (κ2) is 7.73. The van der Waals surface area contributed by atoms with Crippen molar-refractivity contribution in [2.75, 3.05) is 13.1 Å². The number of hydrogen-bond donors (Lipinski definition) is 1. The van der Waals surface area contributed by atoms with Crippen LogP contribution in [0.1, 0.15) is 45.7 Å². The van der Waals surface area contributed by atoms with Gasteiger partial charge in [0.05, 0.1) is 12.2 Å². The normalized spacial score (nSPS) is 14.2. The van der Waals surface area contributed by atoms with Gasteiger partial charge in [-0.15, -0.1) is 0 Å². The van der Waals surface area contributed by atoms with E-state index < -0.39 is 0 Å². The smallest absolute Gasteiger partial charge is 0.253 e. The number of nitrogens with one attached hydrogen (secondary N) is 1. The number of carbonyl (C=O) groups is 2. The fourth-order valence-electron chi connectivity index (χ4n) is 2.82. The van der Waals surface area contributed by atoms with E-state index in [4.69, 9.17) is 0 Å². The van der Waals surface area contributed by atoms with E-state index in [1.807, 2.05) is 23.1 Å². The SMILES string of the molecule is O=C(NCc1ccccn1)c1ccc(C(=O)N2CCCCC2)cc1. The summed E-state index contributed by atoms with van der Waals surface area (Å²) < 4.78 is 0. The molecule has 0 saturated carbocycles. The van der Waals surface area contributed by atoms with E-state index >= 15 is 0 Å². The zero-order valence-electron chi connectivity index (χ0n) is 13.6. The minimum absolute atomic E-state index is 0.0511. The Morgan fingerprint density at radius 3 is 2.33 bits per heavy atom. The molecule has 124 valence electrons. The first kappa shape index (κ1) is 16.2. The topological polar surface area (TPSA) is 62.3 Å². The van der Waals surface area contributed by atoms with E-state index in [-0.39, 0.29) is 11.8 Å². The highest BCUT2D eigenvalue weighted by atomic mass is 16.2. The third-order valence-corrected chi connectivity index (χ3v) is 4.19. The fraction of sp³-hybridized carbons (Fsp3) is 0.316. The average Bonchev–Trinajstić information content (AvgIpc) is 2.67. The van der Waals surface area contributed by atoms with Crippen molar-refractivity contribution < 1.29 is 9.59 Å². The van der Waals surface area contributed by atoms with Crippen LogP contribution < -0.4 is 5.32 Å². The molecule has 1 aliphatic heterocycles. The standard InChI is InChI=1S/C19H21N3O2/c23-18(21-14-17-6-2-3-11-20-17)15-7-9-16(10-8-15)19(24)22-12-4-1-5-13-22/h2-3,6-11H,1,4-5,12-14H2,(H,21,23). The molecule has 1 fully saturated rings. The van der Waals surface area contributed by atoms with Gasteiger partial charge in [0.1, 0.15) is 0 Å². The van der Waals surface area contributed by atoms with Gasteiger partial charge < -0.3 is 10.2 Å². The molecule has 1 N–H and O–H groups in total. The Labute approximate surface area is 141 Å². The molecule has 2 amide bonds. The van der Waals surface area contributed by atoms with Crippen molar-refractivity contribution in [3.8, 4) is 0 Å². The largest absolute Gasteiger partial charge is 0.346 e. The molecule has 1 aromatic heterocycles. The molecule has 0 radical (unpaired) electrons. The monoisotopic (exact) mass is 323 g/mol. The lowest BCUT2D eigenvalue weighted by Crippen LogP contribution is -2.35. The Kier molecular flexibility index (Phi) is 5.21. The predicted octanol–water partition coefficient (Wildman–Crippen LogP) is 2.64. The second-order valence-electron chi connectivity index (χ2n) is 5.93. The van der Waals surface area contributed by atoms with Gasteiger partial charge in [-0.3, -0.25) is 14.6 Å². The highest BCUT2D eigenvalue weighted by Gasteiger charge is 2.18. The van der Waals surface area contributed by atoms with Crippen molar-refractivity contribution in [1.82, 2.24) is 15.2 Å². The summed E-state index contributed by atoms with van der Waals surface area (Å²) in [7, 11) is 0. The van der Waals surface area contributed by atoms with Crippen LogP contribution in [0.5, 0.6) is 0 Å². The third-order valence-electron chi connectivity index (χ3n) is 4.19. The van der Waals surface area contributed by atoms with E-state index in [2.05, 4.69) is 10.3 Å². The van der Waals surface area contributed by atoms with E-state index in [9.17, 15) is 9.59 Å². The average molecular weight is 323 g/mol. The minimum atomic E-state index is -0.169. The maximum atomic E-state index is 12.4. The van der Waals surface area contributed by atoms with E-state index in [0.29, 0.717) is 17.7 Å². The van der Waals surface area contributed by atoms with Crippen LogP contribution in [-0.2, 0) is 6.54 Å². The fourth-order valence-corrected chi connectivity index (χ4v) is 2.82. The van der Waals surface area contributed by atoms with Crippen LogP contribution in [0.15, 0.2) is 48.7 Å². The van der Waals surface area contributed by atoms with Crippen LogP contribution in [0.2, 0.25) is 0 Å². The number of benzene rings is 1. The number of pyridine rings is 1. The van der Waals surface area contributed by atoms with Gasteiger partial charge in [0.25, 0.3) is 11.8 Å². The lowest BCUT2D eigenvalue weighted by atomic mass is 10.1. The molecular weight excluding hydrogens is 302 g/mol. The number of rotatable bonds is 4. The Balaban J connectivity index is 1.59. The Bertz CT molecular complexity index is 692. The molecule has 24 heavy (non-hydrogen) atoms. The first-order chi connectivity index (χ1) is 11.7. The molecule has 0 unspecified atom stereocenters.